The molecule has 28 heavy (non-hydrogen) atoms. The maximum absolute atomic E-state index is 11.1. The molecule has 1 spiro atoms. The molecule has 0 amide bonds. The summed E-state index contributed by atoms with van der Waals surface area (Å²) in [5, 5.41) is 11.1. The van der Waals surface area contributed by atoms with Crippen LogP contribution >= 0.6 is 0 Å². The zero-order valence-corrected chi connectivity index (χ0v) is 16.2. The summed E-state index contributed by atoms with van der Waals surface area (Å²) in [4.78, 5) is 13.1. The van der Waals surface area contributed by atoms with Crippen molar-refractivity contribution in [3.63, 3.8) is 0 Å². The summed E-state index contributed by atoms with van der Waals surface area (Å²) in [6.45, 7) is 5.59. The van der Waals surface area contributed by atoms with Crippen LogP contribution in [0.15, 0.2) is 30.3 Å². The third-order valence-electron chi connectivity index (χ3n) is 6.30. The number of benzene rings is 2. The van der Waals surface area contributed by atoms with Gasteiger partial charge in [0.15, 0.2) is 0 Å². The van der Waals surface area contributed by atoms with Gasteiger partial charge in [-0.2, -0.15) is 0 Å². The smallest absolute Gasteiger partial charge is 0.270 e. The fourth-order valence-electron chi connectivity index (χ4n) is 4.70. The van der Waals surface area contributed by atoms with Crippen LogP contribution < -0.4 is 9.64 Å². The Morgan fingerprint density at radius 2 is 1.96 bits per heavy atom. The third-order valence-corrected chi connectivity index (χ3v) is 6.30. The third kappa shape index (κ3) is 2.75. The number of anilines is 1. The molecule has 0 bridgehead atoms. The summed E-state index contributed by atoms with van der Waals surface area (Å²) in [6.07, 6.45) is 4.84. The Morgan fingerprint density at radius 3 is 2.57 bits per heavy atom. The molecule has 1 aliphatic carbocycles. The molecule has 0 aromatic heterocycles. The van der Waals surface area contributed by atoms with Crippen LogP contribution in [0, 0.1) is 24.0 Å². The van der Waals surface area contributed by atoms with Crippen molar-refractivity contribution in [1.82, 2.24) is 0 Å². The number of fused-ring (bicyclic) bond motifs is 2. The highest BCUT2D eigenvalue weighted by Crippen LogP contribution is 2.58. The molecule has 1 unspecified atom stereocenters. The molecule has 2 fully saturated rings. The molecule has 1 saturated heterocycles. The number of non-ortho nitro benzene ring substituents is 1. The summed E-state index contributed by atoms with van der Waals surface area (Å²) in [7, 11) is 0. The van der Waals surface area contributed by atoms with Crippen molar-refractivity contribution in [2.24, 2.45) is 0 Å². The van der Waals surface area contributed by atoms with Gasteiger partial charge in [-0.15, -0.1) is 0 Å². The highest BCUT2D eigenvalue weighted by atomic mass is 16.6. The Balaban J connectivity index is 1.47. The standard InChI is InChI=1S/C22H24N2O4/c1-14-10-16(24(25)26)11-15(2)21(14)28-17-5-6-19-18(12-17)22(7-8-22)13-23(19)20-4-3-9-27-20/h5-6,10-12,20H,3-4,7-9,13H2,1-2H3. The van der Waals surface area contributed by atoms with Crippen LogP contribution in [0.4, 0.5) is 11.4 Å². The monoisotopic (exact) mass is 380 g/mol. The molecule has 5 rings (SSSR count). The SMILES string of the molecule is Cc1cc([N+](=O)[O-])cc(C)c1Oc1ccc2c(c1)C1(CC1)CN2C1CCCO1. The minimum atomic E-state index is -0.365. The Kier molecular flexibility index (Phi) is 3.88. The van der Waals surface area contributed by atoms with E-state index in [0.29, 0.717) is 5.75 Å². The normalized spacial score (nSPS) is 21.8. The van der Waals surface area contributed by atoms with E-state index in [9.17, 15) is 10.1 Å². The largest absolute Gasteiger partial charge is 0.457 e. The van der Waals surface area contributed by atoms with Crippen LogP contribution in [-0.4, -0.2) is 24.3 Å². The molecule has 2 aromatic carbocycles. The number of nitrogens with zero attached hydrogens (tertiary/aromatic N) is 2. The molecule has 3 aliphatic rings. The molecule has 2 heterocycles. The summed E-state index contributed by atoms with van der Waals surface area (Å²) >= 11 is 0. The first-order valence-corrected chi connectivity index (χ1v) is 9.93. The van der Waals surface area contributed by atoms with Gasteiger partial charge in [0.2, 0.25) is 0 Å². The molecule has 0 radical (unpaired) electrons. The number of rotatable bonds is 4. The van der Waals surface area contributed by atoms with E-state index < -0.39 is 0 Å². The van der Waals surface area contributed by atoms with Gasteiger partial charge in [-0.1, -0.05) is 0 Å². The quantitative estimate of drug-likeness (QED) is 0.552. The number of hydrogen-bond donors (Lipinski definition) is 0. The second-order valence-electron chi connectivity index (χ2n) is 8.32. The number of nitro benzene ring substituents is 1. The van der Waals surface area contributed by atoms with Crippen molar-refractivity contribution < 1.29 is 14.4 Å². The predicted octanol–water partition coefficient (Wildman–Crippen LogP) is 4.99. The van der Waals surface area contributed by atoms with Gasteiger partial charge in [-0.05, 0) is 74.4 Å². The fourth-order valence-corrected chi connectivity index (χ4v) is 4.70. The summed E-state index contributed by atoms with van der Waals surface area (Å²) in [6, 6.07) is 9.45. The van der Waals surface area contributed by atoms with Gasteiger partial charge in [0.25, 0.3) is 5.69 Å². The van der Waals surface area contributed by atoms with E-state index in [-0.39, 0.29) is 22.3 Å². The van der Waals surface area contributed by atoms with Crippen molar-refractivity contribution in [3.8, 4) is 11.5 Å². The molecule has 6 heteroatoms. The van der Waals surface area contributed by atoms with Crippen LogP contribution in [0.5, 0.6) is 11.5 Å². The lowest BCUT2D eigenvalue weighted by molar-refractivity contribution is -0.385. The zero-order chi connectivity index (χ0) is 19.5. The van der Waals surface area contributed by atoms with Gasteiger partial charge in [-0.25, -0.2) is 0 Å². The van der Waals surface area contributed by atoms with E-state index in [1.165, 1.54) is 24.1 Å². The van der Waals surface area contributed by atoms with E-state index in [4.69, 9.17) is 9.47 Å². The van der Waals surface area contributed by atoms with Crippen LogP contribution in [0.3, 0.4) is 0 Å². The summed E-state index contributed by atoms with van der Waals surface area (Å²) < 4.78 is 12.2. The highest BCUT2D eigenvalue weighted by molar-refractivity contribution is 5.67. The maximum atomic E-state index is 11.1. The Morgan fingerprint density at radius 1 is 1.21 bits per heavy atom. The summed E-state index contributed by atoms with van der Waals surface area (Å²) in [5.74, 6) is 1.49. The molecule has 1 atom stereocenters. The minimum Gasteiger partial charge on any atom is -0.457 e. The highest BCUT2D eigenvalue weighted by Gasteiger charge is 2.53. The van der Waals surface area contributed by atoms with Gasteiger partial charge < -0.3 is 14.4 Å². The molecule has 6 nitrogen and oxygen atoms in total. The first-order valence-electron chi connectivity index (χ1n) is 9.93. The average Bonchev–Trinajstić information content (AvgIpc) is 3.10. The van der Waals surface area contributed by atoms with Crippen LogP contribution in [0.25, 0.3) is 0 Å². The molecule has 146 valence electrons. The predicted molar refractivity (Wildman–Crippen MR) is 106 cm³/mol. The van der Waals surface area contributed by atoms with Gasteiger partial charge >= 0.3 is 0 Å². The van der Waals surface area contributed by atoms with Crippen LogP contribution in [0.1, 0.15) is 42.4 Å². The molecule has 2 aromatic rings. The fraction of sp³-hybridized carbons (Fsp3) is 0.455. The lowest BCUT2D eigenvalue weighted by atomic mass is 9.98. The Labute approximate surface area is 164 Å². The average molecular weight is 380 g/mol. The molecule has 1 saturated carbocycles. The van der Waals surface area contributed by atoms with E-state index in [0.717, 1.165) is 42.9 Å². The molecule has 0 N–H and O–H groups in total. The van der Waals surface area contributed by atoms with Crippen molar-refractivity contribution >= 4 is 11.4 Å². The molecular weight excluding hydrogens is 356 g/mol. The second kappa shape index (κ2) is 6.21. The second-order valence-corrected chi connectivity index (χ2v) is 8.32. The van der Waals surface area contributed by atoms with Crippen LogP contribution in [0.2, 0.25) is 0 Å². The lowest BCUT2D eigenvalue weighted by Gasteiger charge is -2.26. The number of hydrogen-bond acceptors (Lipinski definition) is 5. The van der Waals surface area contributed by atoms with Gasteiger partial charge in [0.05, 0.1) is 4.92 Å². The lowest BCUT2D eigenvalue weighted by Crippen LogP contribution is -2.35. The Hall–Kier alpha value is -2.60. The van der Waals surface area contributed by atoms with E-state index in [1.807, 2.05) is 19.9 Å². The van der Waals surface area contributed by atoms with Crippen molar-refractivity contribution in [2.45, 2.75) is 51.2 Å². The van der Waals surface area contributed by atoms with Gasteiger partial charge in [0.1, 0.15) is 17.7 Å². The number of ether oxygens (including phenoxy) is 2. The number of nitro groups is 1. The minimum absolute atomic E-state index is 0.0976. The maximum Gasteiger partial charge on any atom is 0.270 e. The first kappa shape index (κ1) is 17.5. The van der Waals surface area contributed by atoms with Crippen molar-refractivity contribution in [1.29, 1.82) is 0 Å². The Bertz CT molecular complexity index is 938. The molecular formula is C22H24N2O4. The number of aryl methyl sites for hydroxylation is 2. The van der Waals surface area contributed by atoms with Gasteiger partial charge in [0, 0.05) is 36.4 Å². The first-order chi connectivity index (χ1) is 13.5. The zero-order valence-electron chi connectivity index (χ0n) is 16.2. The molecule has 2 aliphatic heterocycles. The van der Waals surface area contributed by atoms with E-state index >= 15 is 0 Å². The van der Waals surface area contributed by atoms with E-state index in [1.54, 1.807) is 12.1 Å². The van der Waals surface area contributed by atoms with Gasteiger partial charge in [-0.3, -0.25) is 10.1 Å². The van der Waals surface area contributed by atoms with Crippen molar-refractivity contribution in [3.05, 3.63) is 57.1 Å². The topological polar surface area (TPSA) is 64.8 Å². The van der Waals surface area contributed by atoms with E-state index in [2.05, 4.69) is 17.0 Å². The van der Waals surface area contributed by atoms with Crippen LogP contribution in [-0.2, 0) is 10.2 Å². The van der Waals surface area contributed by atoms with Crippen molar-refractivity contribution in [2.75, 3.05) is 18.1 Å². The summed E-state index contributed by atoms with van der Waals surface area (Å²) in [5.41, 5.74) is 4.52.